The predicted octanol–water partition coefficient (Wildman–Crippen LogP) is 1.64. The van der Waals surface area contributed by atoms with E-state index >= 15 is 0 Å². The predicted molar refractivity (Wildman–Crippen MR) is 105 cm³/mol. The van der Waals surface area contributed by atoms with Crippen LogP contribution in [0.3, 0.4) is 0 Å². The van der Waals surface area contributed by atoms with Crippen LogP contribution in [0.1, 0.15) is 38.4 Å². The molecule has 0 amide bonds. The summed E-state index contributed by atoms with van der Waals surface area (Å²) in [6.07, 6.45) is -0.541. The zero-order valence-electron chi connectivity index (χ0n) is 15.8. The van der Waals surface area contributed by atoms with Gasteiger partial charge in [-0.1, -0.05) is 20.8 Å². The van der Waals surface area contributed by atoms with Gasteiger partial charge >= 0.3 is 0 Å². The summed E-state index contributed by atoms with van der Waals surface area (Å²) < 4.78 is 1.85. The zero-order chi connectivity index (χ0) is 19.0. The minimum atomic E-state index is -0.541. The van der Waals surface area contributed by atoms with Gasteiger partial charge < -0.3 is 15.3 Å². The van der Waals surface area contributed by atoms with Gasteiger partial charge in [-0.3, -0.25) is 0 Å². The lowest BCUT2D eigenvalue weighted by molar-refractivity contribution is 0.167. The molecule has 4 heterocycles. The van der Waals surface area contributed by atoms with E-state index in [-0.39, 0.29) is 5.41 Å². The van der Waals surface area contributed by atoms with Gasteiger partial charge in [0.1, 0.15) is 11.9 Å². The van der Waals surface area contributed by atoms with E-state index < -0.39 is 6.10 Å². The van der Waals surface area contributed by atoms with E-state index in [1.54, 1.807) is 5.51 Å². The van der Waals surface area contributed by atoms with Gasteiger partial charge in [-0.25, -0.2) is 4.98 Å². The highest BCUT2D eigenvalue weighted by atomic mass is 32.1. The molecule has 1 aliphatic heterocycles. The Morgan fingerprint density at radius 1 is 1.30 bits per heavy atom. The Balaban J connectivity index is 1.31. The number of anilines is 1. The van der Waals surface area contributed by atoms with Crippen LogP contribution in [0, 0.1) is 5.92 Å². The van der Waals surface area contributed by atoms with Crippen LogP contribution >= 0.6 is 11.3 Å². The molecule has 0 radical (unpaired) electrons. The maximum absolute atomic E-state index is 10.1. The number of thiazole rings is 1. The first kappa shape index (κ1) is 18.3. The lowest BCUT2D eigenvalue weighted by atomic mass is 9.96. The summed E-state index contributed by atoms with van der Waals surface area (Å²) in [4.78, 5) is 6.40. The van der Waals surface area contributed by atoms with Crippen molar-refractivity contribution in [3.05, 3.63) is 34.5 Å². The normalized spacial score (nSPS) is 16.7. The van der Waals surface area contributed by atoms with Crippen molar-refractivity contribution in [3.63, 3.8) is 0 Å². The zero-order valence-corrected chi connectivity index (χ0v) is 16.6. The molecule has 1 fully saturated rings. The third-order valence-corrected chi connectivity index (χ3v) is 5.37. The second kappa shape index (κ2) is 7.14. The van der Waals surface area contributed by atoms with Gasteiger partial charge in [-0.15, -0.1) is 26.6 Å². The fourth-order valence-electron chi connectivity index (χ4n) is 3.22. The molecule has 27 heavy (non-hydrogen) atoms. The molecule has 0 saturated carbocycles. The highest BCUT2D eigenvalue weighted by Crippen LogP contribution is 2.25. The smallest absolute Gasteiger partial charge is 0.178 e. The number of hydrogen-bond donors (Lipinski definition) is 2. The molecule has 8 nitrogen and oxygen atoms in total. The molecule has 1 atom stereocenters. The van der Waals surface area contributed by atoms with Crippen molar-refractivity contribution in [2.45, 2.75) is 32.3 Å². The van der Waals surface area contributed by atoms with Crippen molar-refractivity contribution in [3.8, 4) is 0 Å². The molecule has 3 aromatic rings. The van der Waals surface area contributed by atoms with E-state index in [9.17, 15) is 5.11 Å². The number of nitrogens with one attached hydrogen (secondary N) is 1. The summed E-state index contributed by atoms with van der Waals surface area (Å²) in [5, 5.41) is 28.6. The SMILES string of the molecule is CC(C)(C)c1nnc2ccc(N3CC(CNCC(O)c4cscn4)C3)nn12. The second-order valence-corrected chi connectivity index (χ2v) is 8.81. The van der Waals surface area contributed by atoms with Gasteiger partial charge in [-0.2, -0.15) is 4.52 Å². The third kappa shape index (κ3) is 3.80. The summed E-state index contributed by atoms with van der Waals surface area (Å²) in [5.74, 6) is 2.37. The Morgan fingerprint density at radius 3 is 2.81 bits per heavy atom. The molecule has 144 valence electrons. The quantitative estimate of drug-likeness (QED) is 0.664. The monoisotopic (exact) mass is 387 g/mol. The summed E-state index contributed by atoms with van der Waals surface area (Å²) in [5.41, 5.74) is 3.15. The Hall–Kier alpha value is -2.10. The molecule has 0 spiro atoms. The van der Waals surface area contributed by atoms with Crippen LogP contribution in [0.15, 0.2) is 23.0 Å². The van der Waals surface area contributed by atoms with Crippen molar-refractivity contribution in [1.29, 1.82) is 0 Å². The molecule has 0 bridgehead atoms. The highest BCUT2D eigenvalue weighted by Gasteiger charge is 2.29. The Kier molecular flexibility index (Phi) is 4.83. The lowest BCUT2D eigenvalue weighted by Gasteiger charge is -2.40. The van der Waals surface area contributed by atoms with E-state index in [1.165, 1.54) is 11.3 Å². The van der Waals surface area contributed by atoms with E-state index in [0.29, 0.717) is 12.5 Å². The fourth-order valence-corrected chi connectivity index (χ4v) is 3.82. The van der Waals surface area contributed by atoms with Gasteiger partial charge in [-0.05, 0) is 12.1 Å². The number of aromatic nitrogens is 5. The van der Waals surface area contributed by atoms with Gasteiger partial charge in [0.25, 0.3) is 0 Å². The van der Waals surface area contributed by atoms with Crippen LogP contribution in [-0.4, -0.2) is 56.1 Å². The van der Waals surface area contributed by atoms with Crippen molar-refractivity contribution in [1.82, 2.24) is 30.1 Å². The van der Waals surface area contributed by atoms with Crippen LogP contribution in [0.2, 0.25) is 0 Å². The largest absolute Gasteiger partial charge is 0.385 e. The fraction of sp³-hybridized carbons (Fsp3) is 0.556. The lowest BCUT2D eigenvalue weighted by Crippen LogP contribution is -2.51. The van der Waals surface area contributed by atoms with Crippen LogP contribution in [0.4, 0.5) is 5.82 Å². The van der Waals surface area contributed by atoms with Crippen LogP contribution in [-0.2, 0) is 5.41 Å². The van der Waals surface area contributed by atoms with Crippen molar-refractivity contribution in [2.75, 3.05) is 31.1 Å². The molecule has 0 aromatic carbocycles. The topological polar surface area (TPSA) is 91.5 Å². The summed E-state index contributed by atoms with van der Waals surface area (Å²) in [6, 6.07) is 3.98. The van der Waals surface area contributed by atoms with Gasteiger partial charge in [0.05, 0.1) is 11.2 Å². The maximum atomic E-state index is 10.1. The minimum absolute atomic E-state index is 0.107. The molecule has 0 aliphatic carbocycles. The van der Waals surface area contributed by atoms with Crippen LogP contribution < -0.4 is 10.2 Å². The van der Waals surface area contributed by atoms with Gasteiger partial charge in [0, 0.05) is 42.9 Å². The molecule has 9 heteroatoms. The summed E-state index contributed by atoms with van der Waals surface area (Å²) in [6.45, 7) is 9.64. The number of aliphatic hydroxyl groups excluding tert-OH is 1. The number of aliphatic hydroxyl groups is 1. The molecule has 1 saturated heterocycles. The summed E-state index contributed by atoms with van der Waals surface area (Å²) >= 11 is 1.50. The molecular formula is C18H25N7OS. The summed E-state index contributed by atoms with van der Waals surface area (Å²) in [7, 11) is 0. The van der Waals surface area contributed by atoms with E-state index in [1.807, 2.05) is 22.0 Å². The standard InChI is InChI=1S/C18H25N7OS/c1-18(2,3)17-22-21-15-4-5-16(23-25(15)17)24-8-12(9-24)6-19-7-14(26)13-10-27-11-20-13/h4-5,10-12,14,19,26H,6-9H2,1-3H3. The number of fused-ring (bicyclic) bond motifs is 1. The van der Waals surface area contributed by atoms with Gasteiger partial charge in [0.15, 0.2) is 11.5 Å². The highest BCUT2D eigenvalue weighted by molar-refractivity contribution is 7.07. The maximum Gasteiger partial charge on any atom is 0.178 e. The first-order chi connectivity index (χ1) is 12.9. The average Bonchev–Trinajstić information content (AvgIpc) is 3.24. The second-order valence-electron chi connectivity index (χ2n) is 8.09. The molecule has 4 rings (SSSR count). The molecule has 1 aliphatic rings. The Bertz CT molecular complexity index is 896. The van der Waals surface area contributed by atoms with Gasteiger partial charge in [0.2, 0.25) is 0 Å². The minimum Gasteiger partial charge on any atom is -0.385 e. The number of nitrogens with zero attached hydrogens (tertiary/aromatic N) is 6. The van der Waals surface area contributed by atoms with Crippen molar-refractivity contribution >= 4 is 22.8 Å². The van der Waals surface area contributed by atoms with Crippen LogP contribution in [0.5, 0.6) is 0 Å². The molecular weight excluding hydrogens is 362 g/mol. The molecule has 2 N–H and O–H groups in total. The van der Waals surface area contributed by atoms with Crippen LogP contribution in [0.25, 0.3) is 5.65 Å². The third-order valence-electron chi connectivity index (χ3n) is 4.76. The molecule has 3 aromatic heterocycles. The first-order valence-corrected chi connectivity index (χ1v) is 10.1. The van der Waals surface area contributed by atoms with E-state index in [0.717, 1.165) is 42.6 Å². The Morgan fingerprint density at radius 2 is 2.11 bits per heavy atom. The first-order valence-electron chi connectivity index (χ1n) is 9.16. The number of hydrogen-bond acceptors (Lipinski definition) is 8. The van der Waals surface area contributed by atoms with E-state index in [2.05, 4.69) is 46.2 Å². The average molecular weight is 388 g/mol. The number of rotatable bonds is 6. The van der Waals surface area contributed by atoms with E-state index in [4.69, 9.17) is 5.10 Å². The molecule has 1 unspecified atom stereocenters. The van der Waals surface area contributed by atoms with Crippen molar-refractivity contribution in [2.24, 2.45) is 5.92 Å². The Labute approximate surface area is 162 Å². The van der Waals surface area contributed by atoms with Crippen molar-refractivity contribution < 1.29 is 5.11 Å².